The number of amides is 1. The second kappa shape index (κ2) is 29.6. The van der Waals surface area contributed by atoms with Crippen molar-refractivity contribution in [3.8, 4) is 0 Å². The van der Waals surface area contributed by atoms with Crippen LogP contribution in [-0.4, -0.2) is 46.1 Å². The Morgan fingerprint density at radius 1 is 0.615 bits per heavy atom. The fraction of sp³-hybridized carbons (Fsp3) is 0.794. The van der Waals surface area contributed by atoms with Gasteiger partial charge in [-0.3, -0.25) is 4.79 Å². The van der Waals surface area contributed by atoms with E-state index in [0.29, 0.717) is 6.42 Å². The lowest BCUT2D eigenvalue weighted by atomic mass is 10.0. The van der Waals surface area contributed by atoms with Crippen LogP contribution in [0, 0.1) is 0 Å². The maximum absolute atomic E-state index is 12.3. The third kappa shape index (κ3) is 25.3. The van der Waals surface area contributed by atoms with E-state index in [9.17, 15) is 20.1 Å². The summed E-state index contributed by atoms with van der Waals surface area (Å²) in [5.74, 6) is -0.524. The molecule has 0 heterocycles. The standard InChI is InChI=1S/C34H63NO4/c1-3-5-7-9-11-13-14-15-16-17-18-19-21-23-25-27-29-33(38)34(39)35-31(30-36)32(37)28-26-24-22-20-12-10-8-6-4-2/h12,15-16,20,26,28,31-33,36-38H,3-11,13-14,17-19,21-25,27,29-30H2,1-2H3,(H,35,39)/b16-15-,20-12+,28-26+. The minimum atomic E-state index is -1.11. The first-order valence-corrected chi connectivity index (χ1v) is 16.3. The number of rotatable bonds is 28. The molecule has 39 heavy (non-hydrogen) atoms. The highest BCUT2D eigenvalue weighted by molar-refractivity contribution is 5.80. The van der Waals surface area contributed by atoms with Gasteiger partial charge in [0.1, 0.15) is 6.10 Å². The molecule has 0 rings (SSSR count). The number of aliphatic hydroxyl groups is 3. The molecule has 0 bridgehead atoms. The largest absolute Gasteiger partial charge is 0.394 e. The summed E-state index contributed by atoms with van der Waals surface area (Å²) in [6, 6.07) is -0.812. The summed E-state index contributed by atoms with van der Waals surface area (Å²) in [5.41, 5.74) is 0. The molecule has 0 radical (unpaired) electrons. The van der Waals surface area contributed by atoms with Gasteiger partial charge in [0.2, 0.25) is 5.91 Å². The Morgan fingerprint density at radius 2 is 1.05 bits per heavy atom. The molecule has 0 aromatic heterocycles. The quantitative estimate of drug-likeness (QED) is 0.0586. The zero-order valence-corrected chi connectivity index (χ0v) is 25.5. The summed E-state index contributed by atoms with van der Waals surface area (Å²) in [6.07, 6.45) is 34.4. The van der Waals surface area contributed by atoms with Gasteiger partial charge in [0.25, 0.3) is 0 Å². The molecule has 0 saturated carbocycles. The predicted molar refractivity (Wildman–Crippen MR) is 167 cm³/mol. The number of carbonyl (C=O) groups is 1. The first-order valence-electron chi connectivity index (χ1n) is 16.3. The monoisotopic (exact) mass is 549 g/mol. The van der Waals surface area contributed by atoms with E-state index in [-0.39, 0.29) is 6.61 Å². The van der Waals surface area contributed by atoms with Gasteiger partial charge in [-0.05, 0) is 57.8 Å². The summed E-state index contributed by atoms with van der Waals surface area (Å²) < 4.78 is 0. The molecule has 4 N–H and O–H groups in total. The second-order valence-electron chi connectivity index (χ2n) is 11.0. The van der Waals surface area contributed by atoms with Gasteiger partial charge < -0.3 is 20.6 Å². The smallest absolute Gasteiger partial charge is 0.249 e. The third-order valence-electron chi connectivity index (χ3n) is 7.20. The lowest BCUT2D eigenvalue weighted by molar-refractivity contribution is -0.131. The van der Waals surface area contributed by atoms with Gasteiger partial charge in [0, 0.05) is 0 Å². The van der Waals surface area contributed by atoms with Crippen molar-refractivity contribution in [2.75, 3.05) is 6.61 Å². The number of hydrogen-bond donors (Lipinski definition) is 4. The minimum Gasteiger partial charge on any atom is -0.394 e. The summed E-state index contributed by atoms with van der Waals surface area (Å²) in [4.78, 5) is 12.3. The Balaban J connectivity index is 3.81. The van der Waals surface area contributed by atoms with Crippen LogP contribution in [0.1, 0.15) is 149 Å². The van der Waals surface area contributed by atoms with E-state index in [4.69, 9.17) is 0 Å². The Bertz CT molecular complexity index is 616. The van der Waals surface area contributed by atoms with Crippen LogP contribution in [0.5, 0.6) is 0 Å². The molecular formula is C34H63NO4. The molecule has 3 unspecified atom stereocenters. The van der Waals surface area contributed by atoms with Crippen molar-refractivity contribution in [1.29, 1.82) is 0 Å². The summed E-state index contributed by atoms with van der Waals surface area (Å²) >= 11 is 0. The van der Waals surface area contributed by atoms with Gasteiger partial charge in [0.15, 0.2) is 0 Å². The van der Waals surface area contributed by atoms with Gasteiger partial charge in [-0.25, -0.2) is 0 Å². The van der Waals surface area contributed by atoms with Crippen LogP contribution in [0.15, 0.2) is 36.5 Å². The van der Waals surface area contributed by atoms with Crippen molar-refractivity contribution < 1.29 is 20.1 Å². The third-order valence-corrected chi connectivity index (χ3v) is 7.20. The van der Waals surface area contributed by atoms with Crippen LogP contribution < -0.4 is 5.32 Å². The van der Waals surface area contributed by atoms with Gasteiger partial charge in [-0.15, -0.1) is 0 Å². The minimum absolute atomic E-state index is 0.379. The van der Waals surface area contributed by atoms with E-state index in [1.807, 2.05) is 6.08 Å². The molecule has 0 aliphatic carbocycles. The summed E-state index contributed by atoms with van der Waals surface area (Å²) in [6.45, 7) is 4.08. The molecule has 0 aliphatic rings. The number of carbonyl (C=O) groups excluding carboxylic acids is 1. The van der Waals surface area contributed by atoms with Crippen molar-refractivity contribution in [2.45, 2.75) is 167 Å². The van der Waals surface area contributed by atoms with Crippen LogP contribution in [0.4, 0.5) is 0 Å². The van der Waals surface area contributed by atoms with Crippen LogP contribution in [-0.2, 0) is 4.79 Å². The predicted octanol–water partition coefficient (Wildman–Crippen LogP) is 8.09. The van der Waals surface area contributed by atoms with E-state index >= 15 is 0 Å². The number of nitrogens with one attached hydrogen (secondary N) is 1. The molecule has 0 aromatic rings. The van der Waals surface area contributed by atoms with Crippen molar-refractivity contribution in [3.05, 3.63) is 36.5 Å². The van der Waals surface area contributed by atoms with E-state index < -0.39 is 24.2 Å². The normalized spacial score (nSPS) is 14.5. The Hall–Kier alpha value is -1.43. The van der Waals surface area contributed by atoms with E-state index in [1.54, 1.807) is 6.08 Å². The molecule has 0 aromatic carbocycles. The fourth-order valence-electron chi connectivity index (χ4n) is 4.54. The van der Waals surface area contributed by atoms with Gasteiger partial charge in [-0.1, -0.05) is 127 Å². The highest BCUT2D eigenvalue weighted by atomic mass is 16.3. The number of unbranched alkanes of at least 4 members (excludes halogenated alkanes) is 16. The van der Waals surface area contributed by atoms with Crippen molar-refractivity contribution in [1.82, 2.24) is 5.32 Å². The average molecular weight is 550 g/mol. The number of allylic oxidation sites excluding steroid dienone is 5. The lowest BCUT2D eigenvalue weighted by Crippen LogP contribution is -2.48. The molecule has 0 aliphatic heterocycles. The van der Waals surface area contributed by atoms with E-state index in [2.05, 4.69) is 43.5 Å². The molecular weight excluding hydrogens is 486 g/mol. The van der Waals surface area contributed by atoms with Crippen LogP contribution in [0.25, 0.3) is 0 Å². The topological polar surface area (TPSA) is 89.8 Å². The SMILES string of the molecule is CCCCC/C=C/CC/C=C/C(O)C(CO)NC(=O)C(O)CCCCCCCC/C=C\CCCCCCCC. The fourth-order valence-corrected chi connectivity index (χ4v) is 4.54. The van der Waals surface area contributed by atoms with Crippen LogP contribution in [0.3, 0.4) is 0 Å². The molecule has 5 nitrogen and oxygen atoms in total. The highest BCUT2D eigenvalue weighted by Crippen LogP contribution is 2.12. The van der Waals surface area contributed by atoms with Crippen LogP contribution in [0.2, 0.25) is 0 Å². The lowest BCUT2D eigenvalue weighted by Gasteiger charge is -2.21. The highest BCUT2D eigenvalue weighted by Gasteiger charge is 2.22. The first-order chi connectivity index (χ1) is 19.1. The van der Waals surface area contributed by atoms with Crippen molar-refractivity contribution >= 4 is 5.91 Å². The Kier molecular flexibility index (Phi) is 28.5. The second-order valence-corrected chi connectivity index (χ2v) is 11.0. The summed E-state index contributed by atoms with van der Waals surface area (Å²) in [5, 5.41) is 32.7. The molecule has 0 saturated heterocycles. The Labute approximate surface area is 241 Å². The Morgan fingerprint density at radius 3 is 1.62 bits per heavy atom. The molecule has 228 valence electrons. The average Bonchev–Trinajstić information content (AvgIpc) is 2.94. The number of aliphatic hydroxyl groups excluding tert-OH is 3. The maximum atomic E-state index is 12.3. The first kappa shape index (κ1) is 37.6. The van der Waals surface area contributed by atoms with E-state index in [0.717, 1.165) is 44.9 Å². The zero-order valence-electron chi connectivity index (χ0n) is 25.5. The van der Waals surface area contributed by atoms with Gasteiger partial charge in [-0.2, -0.15) is 0 Å². The molecule has 5 heteroatoms. The van der Waals surface area contributed by atoms with Gasteiger partial charge >= 0.3 is 0 Å². The molecule has 0 fully saturated rings. The zero-order chi connectivity index (χ0) is 28.8. The summed E-state index contributed by atoms with van der Waals surface area (Å²) in [7, 11) is 0. The molecule has 0 spiro atoms. The van der Waals surface area contributed by atoms with Gasteiger partial charge in [0.05, 0.1) is 18.8 Å². The number of hydrogen-bond acceptors (Lipinski definition) is 4. The molecule has 3 atom stereocenters. The molecule has 1 amide bonds. The van der Waals surface area contributed by atoms with E-state index in [1.165, 1.54) is 83.5 Å². The van der Waals surface area contributed by atoms with Crippen LogP contribution >= 0.6 is 0 Å². The maximum Gasteiger partial charge on any atom is 0.249 e. The van der Waals surface area contributed by atoms with Crippen molar-refractivity contribution in [3.63, 3.8) is 0 Å². The van der Waals surface area contributed by atoms with Crippen molar-refractivity contribution in [2.24, 2.45) is 0 Å².